The van der Waals surface area contributed by atoms with Crippen LogP contribution in [0.3, 0.4) is 0 Å². The maximum absolute atomic E-state index is 13.9. The van der Waals surface area contributed by atoms with Crippen molar-refractivity contribution in [3.8, 4) is 5.75 Å². The zero-order chi connectivity index (χ0) is 31.3. The van der Waals surface area contributed by atoms with Crippen molar-refractivity contribution in [1.82, 2.24) is 9.88 Å². The summed E-state index contributed by atoms with van der Waals surface area (Å²) >= 11 is 0. The summed E-state index contributed by atoms with van der Waals surface area (Å²) in [6, 6.07) is 19.3. The molecular formula is C33H38N4O6. The number of rotatable bonds is 10. The molecule has 10 heteroatoms. The third-order valence-corrected chi connectivity index (χ3v) is 7.38. The first-order valence-electron chi connectivity index (χ1n) is 14.1. The first-order valence-corrected chi connectivity index (χ1v) is 14.1. The molecule has 3 aromatic carbocycles. The molecule has 4 aromatic rings. The van der Waals surface area contributed by atoms with Crippen LogP contribution >= 0.6 is 0 Å². The molecule has 1 aromatic heterocycles. The monoisotopic (exact) mass is 586 g/mol. The molecule has 0 aliphatic carbocycles. The number of carboxylic acid groups (broad SMARTS) is 1. The number of fused-ring (bicyclic) bond motifs is 1. The van der Waals surface area contributed by atoms with Crippen molar-refractivity contribution in [3.05, 3.63) is 93.8 Å². The summed E-state index contributed by atoms with van der Waals surface area (Å²) in [5.41, 5.74) is 2.00. The predicted octanol–water partition coefficient (Wildman–Crippen LogP) is 5.86. The number of nitrogens with one attached hydrogen (secondary N) is 1. The van der Waals surface area contributed by atoms with E-state index in [4.69, 9.17) is 9.15 Å². The normalized spacial score (nSPS) is 12.0. The lowest BCUT2D eigenvalue weighted by Gasteiger charge is -2.33. The summed E-state index contributed by atoms with van der Waals surface area (Å²) in [6.07, 6.45) is -0.758. The van der Waals surface area contributed by atoms with Crippen molar-refractivity contribution >= 4 is 34.6 Å². The van der Waals surface area contributed by atoms with Gasteiger partial charge >= 0.3 is 11.7 Å². The molecule has 43 heavy (non-hydrogen) atoms. The van der Waals surface area contributed by atoms with E-state index >= 15 is 0 Å². The molecule has 2 amide bonds. The molecule has 0 aliphatic rings. The predicted molar refractivity (Wildman–Crippen MR) is 167 cm³/mol. The Morgan fingerprint density at radius 3 is 2.30 bits per heavy atom. The number of carbonyl (C=O) groups excluding carboxylic acids is 1. The van der Waals surface area contributed by atoms with Gasteiger partial charge in [-0.25, -0.2) is 9.59 Å². The van der Waals surface area contributed by atoms with Crippen LogP contribution in [0, 0.1) is 6.92 Å². The van der Waals surface area contributed by atoms with Gasteiger partial charge in [-0.3, -0.25) is 9.69 Å². The number of methoxy groups -OCH3 is 1. The number of amides is 2. The van der Waals surface area contributed by atoms with Crippen LogP contribution in [0.2, 0.25) is 0 Å². The average Bonchev–Trinajstić information content (AvgIpc) is 2.96. The first kappa shape index (κ1) is 31.1. The Morgan fingerprint density at radius 1 is 1.05 bits per heavy atom. The van der Waals surface area contributed by atoms with Gasteiger partial charge in [-0.15, -0.1) is 0 Å². The first-order chi connectivity index (χ1) is 20.4. The minimum atomic E-state index is -1.05. The number of carbonyl (C=O) groups is 2. The Labute approximate surface area is 250 Å². The Hall–Kier alpha value is -4.86. The van der Waals surface area contributed by atoms with Crippen molar-refractivity contribution in [2.24, 2.45) is 0 Å². The molecule has 0 spiro atoms. The minimum Gasteiger partial charge on any atom is -0.497 e. The second-order valence-corrected chi connectivity index (χ2v) is 11.3. The summed E-state index contributed by atoms with van der Waals surface area (Å²) in [5.74, 6) is 0.487. The SMILES string of the molecule is CCN(C(=O)[C@H](Cc1ccc(OC)cc1)Nc1nc2ccc(CN(C(=O)O)C(C)(C)C)c(C)c2c(=O)o1)c1ccccc1. The molecule has 1 atom stereocenters. The van der Waals surface area contributed by atoms with Crippen LogP contribution in [-0.4, -0.2) is 52.2 Å². The number of nitrogens with zero attached hydrogens (tertiary/aromatic N) is 3. The Balaban J connectivity index is 1.70. The fourth-order valence-electron chi connectivity index (χ4n) is 4.97. The van der Waals surface area contributed by atoms with E-state index in [0.29, 0.717) is 35.4 Å². The van der Waals surface area contributed by atoms with Gasteiger partial charge in [-0.05, 0) is 81.6 Å². The van der Waals surface area contributed by atoms with Gasteiger partial charge < -0.3 is 24.5 Å². The van der Waals surface area contributed by atoms with Crippen molar-refractivity contribution in [1.29, 1.82) is 0 Å². The standard InChI is InChI=1S/C33H38N4O6/c1-7-36(24-11-9-8-10-12-24)29(38)27(19-22-13-16-25(42-6)17-14-22)35-31-34-26-18-15-23(21(2)28(26)30(39)43-31)20-37(32(40)41)33(3,4)5/h8-18,27H,7,19-20H2,1-6H3,(H,34,35)(H,40,41)/t27-/m0/s1. The molecule has 0 bridgehead atoms. The second-order valence-electron chi connectivity index (χ2n) is 11.3. The van der Waals surface area contributed by atoms with E-state index in [0.717, 1.165) is 11.3 Å². The van der Waals surface area contributed by atoms with Crippen LogP contribution in [-0.2, 0) is 17.8 Å². The quantitative estimate of drug-likeness (QED) is 0.237. The second kappa shape index (κ2) is 13.0. The van der Waals surface area contributed by atoms with Crippen molar-refractivity contribution in [3.63, 3.8) is 0 Å². The van der Waals surface area contributed by atoms with E-state index < -0.39 is 23.3 Å². The Kier molecular flexibility index (Phi) is 9.38. The third-order valence-electron chi connectivity index (χ3n) is 7.38. The molecule has 0 aliphatic heterocycles. The van der Waals surface area contributed by atoms with E-state index in [2.05, 4.69) is 10.3 Å². The molecule has 0 fully saturated rings. The summed E-state index contributed by atoms with van der Waals surface area (Å²) in [4.78, 5) is 46.7. The van der Waals surface area contributed by atoms with Gasteiger partial charge in [0.1, 0.15) is 11.8 Å². The van der Waals surface area contributed by atoms with Gasteiger partial charge in [-0.1, -0.05) is 36.4 Å². The van der Waals surface area contributed by atoms with Crippen LogP contribution in [0.4, 0.5) is 16.5 Å². The maximum Gasteiger partial charge on any atom is 0.408 e. The van der Waals surface area contributed by atoms with Crippen LogP contribution in [0.25, 0.3) is 10.9 Å². The fraction of sp³-hybridized carbons (Fsp3) is 0.333. The zero-order valence-corrected chi connectivity index (χ0v) is 25.4. The molecule has 2 N–H and O–H groups in total. The molecule has 0 radical (unpaired) electrons. The fourth-order valence-corrected chi connectivity index (χ4v) is 4.97. The molecule has 226 valence electrons. The van der Waals surface area contributed by atoms with Gasteiger partial charge in [0.25, 0.3) is 6.01 Å². The number of benzene rings is 3. The summed E-state index contributed by atoms with van der Waals surface area (Å²) in [5, 5.41) is 13.1. The largest absolute Gasteiger partial charge is 0.497 e. The van der Waals surface area contributed by atoms with E-state index in [1.54, 1.807) is 31.1 Å². The Bertz CT molecular complexity index is 1640. The van der Waals surface area contributed by atoms with E-state index in [1.807, 2.05) is 82.3 Å². The molecule has 0 unspecified atom stereocenters. The highest BCUT2D eigenvalue weighted by molar-refractivity contribution is 5.98. The van der Waals surface area contributed by atoms with Gasteiger partial charge in [0.15, 0.2) is 0 Å². The number of likely N-dealkylation sites (N-methyl/N-ethyl adjacent to an activating group) is 1. The topological polar surface area (TPSA) is 125 Å². The molecule has 0 saturated carbocycles. The number of ether oxygens (including phenoxy) is 1. The molecule has 10 nitrogen and oxygen atoms in total. The minimum absolute atomic E-state index is 0.0810. The number of para-hydroxylation sites is 1. The highest BCUT2D eigenvalue weighted by atomic mass is 16.5. The zero-order valence-electron chi connectivity index (χ0n) is 25.4. The molecule has 0 saturated heterocycles. The van der Waals surface area contributed by atoms with Crippen molar-refractivity contribution < 1.29 is 23.8 Å². The number of hydrogen-bond donors (Lipinski definition) is 2. The third kappa shape index (κ3) is 7.14. The highest BCUT2D eigenvalue weighted by Crippen LogP contribution is 2.25. The average molecular weight is 587 g/mol. The summed E-state index contributed by atoms with van der Waals surface area (Å²) < 4.78 is 10.9. The van der Waals surface area contributed by atoms with Gasteiger partial charge in [0.2, 0.25) is 5.91 Å². The molecule has 1 heterocycles. The van der Waals surface area contributed by atoms with Gasteiger partial charge in [0, 0.05) is 30.7 Å². The van der Waals surface area contributed by atoms with Crippen molar-refractivity contribution in [2.45, 2.75) is 59.2 Å². The van der Waals surface area contributed by atoms with Crippen LogP contribution in [0.1, 0.15) is 44.4 Å². The maximum atomic E-state index is 13.9. The Morgan fingerprint density at radius 2 is 1.72 bits per heavy atom. The van der Waals surface area contributed by atoms with E-state index in [9.17, 15) is 19.5 Å². The van der Waals surface area contributed by atoms with Crippen LogP contribution in [0.5, 0.6) is 5.75 Å². The van der Waals surface area contributed by atoms with Gasteiger partial charge in [-0.2, -0.15) is 4.98 Å². The van der Waals surface area contributed by atoms with Gasteiger partial charge in [0.05, 0.1) is 18.0 Å². The smallest absolute Gasteiger partial charge is 0.408 e. The summed E-state index contributed by atoms with van der Waals surface area (Å²) in [7, 11) is 1.59. The molecule has 4 rings (SSSR count). The lowest BCUT2D eigenvalue weighted by atomic mass is 10.0. The van der Waals surface area contributed by atoms with Crippen molar-refractivity contribution in [2.75, 3.05) is 23.9 Å². The van der Waals surface area contributed by atoms with Crippen LogP contribution in [0.15, 0.2) is 75.9 Å². The lowest BCUT2D eigenvalue weighted by Crippen LogP contribution is -2.44. The summed E-state index contributed by atoms with van der Waals surface area (Å²) in [6.45, 7) is 9.62. The number of aromatic nitrogens is 1. The van der Waals surface area contributed by atoms with E-state index in [1.165, 1.54) is 4.90 Å². The van der Waals surface area contributed by atoms with Crippen LogP contribution < -0.4 is 20.6 Å². The number of aryl methyl sites for hydroxylation is 1. The lowest BCUT2D eigenvalue weighted by molar-refractivity contribution is -0.119. The highest BCUT2D eigenvalue weighted by Gasteiger charge is 2.29. The van der Waals surface area contributed by atoms with E-state index in [-0.39, 0.29) is 23.9 Å². The molecular weight excluding hydrogens is 548 g/mol. The number of hydrogen-bond acceptors (Lipinski definition) is 7. The number of anilines is 2.